The van der Waals surface area contributed by atoms with Crippen LogP contribution in [-0.4, -0.2) is 24.1 Å². The third kappa shape index (κ3) is 2.42. The minimum Gasteiger partial charge on any atom is -0.485 e. The SMILES string of the molecule is O=C(CO)COc1cccc2c1CCCC2. The Bertz CT molecular complexity index is 385. The van der Waals surface area contributed by atoms with Crippen molar-refractivity contribution < 1.29 is 14.6 Å². The molecule has 1 aromatic rings. The number of carbonyl (C=O) groups excluding carboxylic acids is 1. The monoisotopic (exact) mass is 220 g/mol. The quantitative estimate of drug-likeness (QED) is 0.836. The van der Waals surface area contributed by atoms with Gasteiger partial charge in [-0.3, -0.25) is 4.79 Å². The van der Waals surface area contributed by atoms with E-state index >= 15 is 0 Å². The van der Waals surface area contributed by atoms with Crippen LogP contribution in [0.25, 0.3) is 0 Å². The summed E-state index contributed by atoms with van der Waals surface area (Å²) in [5.41, 5.74) is 2.57. The van der Waals surface area contributed by atoms with Crippen molar-refractivity contribution in [3.05, 3.63) is 29.3 Å². The summed E-state index contributed by atoms with van der Waals surface area (Å²) in [6, 6.07) is 5.98. The summed E-state index contributed by atoms with van der Waals surface area (Å²) >= 11 is 0. The highest BCUT2D eigenvalue weighted by Gasteiger charge is 2.14. The molecule has 0 bridgehead atoms. The molecular weight excluding hydrogens is 204 g/mol. The summed E-state index contributed by atoms with van der Waals surface area (Å²) in [5.74, 6) is 0.521. The Hall–Kier alpha value is -1.35. The van der Waals surface area contributed by atoms with E-state index in [0.29, 0.717) is 0 Å². The zero-order valence-corrected chi connectivity index (χ0v) is 9.24. The normalized spacial score (nSPS) is 14.3. The van der Waals surface area contributed by atoms with Crippen LogP contribution in [0.15, 0.2) is 18.2 Å². The second-order valence-electron chi connectivity index (χ2n) is 4.09. The molecule has 1 aliphatic rings. The lowest BCUT2D eigenvalue weighted by molar-refractivity contribution is -0.123. The average Bonchev–Trinajstić information content (AvgIpc) is 2.35. The number of benzene rings is 1. The van der Waals surface area contributed by atoms with Gasteiger partial charge < -0.3 is 9.84 Å². The molecule has 0 radical (unpaired) electrons. The van der Waals surface area contributed by atoms with Crippen LogP contribution < -0.4 is 4.74 Å². The molecule has 86 valence electrons. The molecular formula is C13H16O3. The Morgan fingerprint density at radius 3 is 2.94 bits per heavy atom. The molecule has 0 aromatic heterocycles. The van der Waals surface area contributed by atoms with Crippen LogP contribution in [0, 0.1) is 0 Å². The highest BCUT2D eigenvalue weighted by atomic mass is 16.5. The molecule has 3 nitrogen and oxygen atoms in total. The predicted octanol–water partition coefficient (Wildman–Crippen LogP) is 1.51. The van der Waals surface area contributed by atoms with Gasteiger partial charge in [-0.25, -0.2) is 0 Å². The first-order valence-corrected chi connectivity index (χ1v) is 5.67. The molecule has 0 atom stereocenters. The van der Waals surface area contributed by atoms with Crippen molar-refractivity contribution in [1.29, 1.82) is 0 Å². The lowest BCUT2D eigenvalue weighted by atomic mass is 9.91. The Balaban J connectivity index is 2.11. The van der Waals surface area contributed by atoms with Gasteiger partial charge in [0.25, 0.3) is 0 Å². The highest BCUT2D eigenvalue weighted by Crippen LogP contribution is 2.29. The van der Waals surface area contributed by atoms with Crippen molar-refractivity contribution in [2.24, 2.45) is 0 Å². The molecule has 0 heterocycles. The molecule has 0 unspecified atom stereocenters. The van der Waals surface area contributed by atoms with Crippen LogP contribution in [0.1, 0.15) is 24.0 Å². The predicted molar refractivity (Wildman–Crippen MR) is 60.7 cm³/mol. The summed E-state index contributed by atoms with van der Waals surface area (Å²) < 4.78 is 5.45. The average molecular weight is 220 g/mol. The van der Waals surface area contributed by atoms with Crippen molar-refractivity contribution in [1.82, 2.24) is 0 Å². The van der Waals surface area contributed by atoms with E-state index in [1.54, 1.807) is 0 Å². The molecule has 0 fully saturated rings. The van der Waals surface area contributed by atoms with E-state index < -0.39 is 6.61 Å². The Labute approximate surface area is 95.0 Å². The van der Waals surface area contributed by atoms with Gasteiger partial charge in [-0.1, -0.05) is 12.1 Å². The summed E-state index contributed by atoms with van der Waals surface area (Å²) in [6.45, 7) is -0.484. The van der Waals surface area contributed by atoms with Crippen molar-refractivity contribution in [2.45, 2.75) is 25.7 Å². The van der Waals surface area contributed by atoms with Crippen LogP contribution in [0.5, 0.6) is 5.75 Å². The van der Waals surface area contributed by atoms with Gasteiger partial charge in [-0.2, -0.15) is 0 Å². The van der Waals surface area contributed by atoms with E-state index in [4.69, 9.17) is 9.84 Å². The number of hydrogen-bond donors (Lipinski definition) is 1. The van der Waals surface area contributed by atoms with Crippen LogP contribution in [0.3, 0.4) is 0 Å². The zero-order chi connectivity index (χ0) is 11.4. The van der Waals surface area contributed by atoms with Crippen molar-refractivity contribution in [3.8, 4) is 5.75 Å². The fourth-order valence-electron chi connectivity index (χ4n) is 2.09. The van der Waals surface area contributed by atoms with Crippen LogP contribution in [0.4, 0.5) is 0 Å². The Morgan fingerprint density at radius 1 is 1.31 bits per heavy atom. The molecule has 1 N–H and O–H groups in total. The fraction of sp³-hybridized carbons (Fsp3) is 0.462. The number of ketones is 1. The standard InChI is InChI=1S/C13H16O3/c14-8-11(15)9-16-13-7-3-5-10-4-1-2-6-12(10)13/h3,5,7,14H,1-2,4,6,8-9H2. The first kappa shape index (κ1) is 11.1. The van der Waals surface area contributed by atoms with Gasteiger partial charge in [0.2, 0.25) is 0 Å². The molecule has 0 spiro atoms. The number of hydrogen-bond acceptors (Lipinski definition) is 3. The Morgan fingerprint density at radius 2 is 2.12 bits per heavy atom. The fourth-order valence-corrected chi connectivity index (χ4v) is 2.09. The lowest BCUT2D eigenvalue weighted by Crippen LogP contribution is -2.16. The highest BCUT2D eigenvalue weighted by molar-refractivity contribution is 5.80. The second kappa shape index (κ2) is 5.12. The van der Waals surface area contributed by atoms with Crippen molar-refractivity contribution in [3.63, 3.8) is 0 Å². The number of fused-ring (bicyclic) bond motifs is 1. The van der Waals surface area contributed by atoms with E-state index in [9.17, 15) is 4.79 Å². The van der Waals surface area contributed by atoms with Gasteiger partial charge in [-0.15, -0.1) is 0 Å². The van der Waals surface area contributed by atoms with Crippen LogP contribution >= 0.6 is 0 Å². The van der Waals surface area contributed by atoms with Gasteiger partial charge >= 0.3 is 0 Å². The van der Waals surface area contributed by atoms with Crippen molar-refractivity contribution >= 4 is 5.78 Å². The van der Waals surface area contributed by atoms with Crippen LogP contribution in [0.2, 0.25) is 0 Å². The number of Topliss-reactive ketones (excluding diaryl/α,β-unsaturated/α-hetero) is 1. The van der Waals surface area contributed by atoms with Crippen LogP contribution in [-0.2, 0) is 17.6 Å². The van der Waals surface area contributed by atoms with E-state index in [2.05, 4.69) is 6.07 Å². The Kier molecular flexibility index (Phi) is 3.57. The molecule has 0 amide bonds. The summed E-state index contributed by atoms with van der Waals surface area (Å²) in [6.07, 6.45) is 4.53. The number of rotatable bonds is 4. The number of aryl methyl sites for hydroxylation is 1. The van der Waals surface area contributed by atoms with Gasteiger partial charge in [0.15, 0.2) is 5.78 Å². The topological polar surface area (TPSA) is 46.5 Å². The third-order valence-electron chi connectivity index (χ3n) is 2.92. The maximum atomic E-state index is 11.0. The molecule has 1 aliphatic carbocycles. The maximum Gasteiger partial charge on any atom is 0.195 e. The number of aliphatic hydroxyl groups is 1. The van der Waals surface area contributed by atoms with Gasteiger partial charge in [0.05, 0.1) is 0 Å². The molecule has 0 saturated heterocycles. The molecule has 0 aliphatic heterocycles. The summed E-state index contributed by atoms with van der Waals surface area (Å²) in [7, 11) is 0. The molecule has 16 heavy (non-hydrogen) atoms. The first-order chi connectivity index (χ1) is 7.81. The van der Waals surface area contributed by atoms with E-state index in [1.807, 2.05) is 12.1 Å². The third-order valence-corrected chi connectivity index (χ3v) is 2.92. The van der Waals surface area contributed by atoms with E-state index in [0.717, 1.165) is 18.6 Å². The smallest absolute Gasteiger partial charge is 0.195 e. The minimum absolute atomic E-state index is 0.0348. The number of aliphatic hydroxyl groups excluding tert-OH is 1. The van der Waals surface area contributed by atoms with E-state index in [1.165, 1.54) is 24.0 Å². The first-order valence-electron chi connectivity index (χ1n) is 5.67. The number of carbonyl (C=O) groups is 1. The zero-order valence-electron chi connectivity index (χ0n) is 9.24. The molecule has 2 rings (SSSR count). The summed E-state index contributed by atoms with van der Waals surface area (Å²) in [5, 5.41) is 8.62. The largest absolute Gasteiger partial charge is 0.485 e. The maximum absolute atomic E-state index is 11.0. The number of ether oxygens (including phenoxy) is 1. The lowest BCUT2D eigenvalue weighted by Gasteiger charge is -2.19. The minimum atomic E-state index is -0.449. The van der Waals surface area contributed by atoms with Crippen molar-refractivity contribution in [2.75, 3.05) is 13.2 Å². The van der Waals surface area contributed by atoms with Gasteiger partial charge in [-0.05, 0) is 42.9 Å². The van der Waals surface area contributed by atoms with Gasteiger partial charge in [0, 0.05) is 0 Å². The molecule has 3 heteroatoms. The van der Waals surface area contributed by atoms with Gasteiger partial charge in [0.1, 0.15) is 19.0 Å². The molecule has 1 aromatic carbocycles. The summed E-state index contributed by atoms with van der Waals surface area (Å²) in [4.78, 5) is 11.0. The second-order valence-corrected chi connectivity index (χ2v) is 4.09. The molecule has 0 saturated carbocycles. The van der Waals surface area contributed by atoms with E-state index in [-0.39, 0.29) is 12.4 Å².